The maximum absolute atomic E-state index is 12.8. The molecule has 0 saturated carbocycles. The third-order valence-corrected chi connectivity index (χ3v) is 5.41. The third kappa shape index (κ3) is 4.04. The fourth-order valence-corrected chi connectivity index (χ4v) is 3.63. The van der Waals surface area contributed by atoms with Crippen molar-refractivity contribution in [1.82, 2.24) is 14.4 Å². The van der Waals surface area contributed by atoms with Crippen LogP contribution in [0.1, 0.15) is 10.4 Å². The van der Waals surface area contributed by atoms with E-state index in [1.54, 1.807) is 41.2 Å². The molecule has 0 spiro atoms. The summed E-state index contributed by atoms with van der Waals surface area (Å²) in [6.45, 7) is 1.14. The van der Waals surface area contributed by atoms with E-state index in [0.29, 0.717) is 43.0 Å². The molecule has 1 aromatic heterocycles. The number of oxazole rings is 1. The number of hydrogen-bond acceptors (Lipinski definition) is 7. The number of carbonyl (C=O) groups is 2. The number of benzene rings is 2. The average Bonchev–Trinajstić information content (AvgIpc) is 3.12. The molecular formula is C21H20N4O7. The largest absolute Gasteiger partial charge is 0.497 e. The smallest absolute Gasteiger partial charge is 0.420 e. The van der Waals surface area contributed by atoms with Crippen LogP contribution < -0.4 is 10.5 Å². The Balaban J connectivity index is 1.40. The number of nitro groups is 1. The second-order valence-corrected chi connectivity index (χ2v) is 7.26. The number of hydrogen-bond donors (Lipinski definition) is 0. The number of carbonyl (C=O) groups excluding carboxylic acids is 2. The lowest BCUT2D eigenvalue weighted by molar-refractivity contribution is -0.384. The monoisotopic (exact) mass is 440 g/mol. The van der Waals surface area contributed by atoms with Gasteiger partial charge in [-0.15, -0.1) is 0 Å². The molecule has 0 radical (unpaired) electrons. The van der Waals surface area contributed by atoms with Crippen LogP contribution >= 0.6 is 0 Å². The first-order valence-corrected chi connectivity index (χ1v) is 9.86. The van der Waals surface area contributed by atoms with E-state index >= 15 is 0 Å². The van der Waals surface area contributed by atoms with Gasteiger partial charge in [-0.2, -0.15) is 0 Å². The topological polar surface area (TPSA) is 128 Å². The Hall–Kier alpha value is -4.15. The van der Waals surface area contributed by atoms with Crippen molar-refractivity contribution in [2.75, 3.05) is 33.3 Å². The van der Waals surface area contributed by atoms with Crippen molar-refractivity contribution in [2.45, 2.75) is 6.54 Å². The molecule has 0 atom stereocenters. The maximum atomic E-state index is 12.8. The summed E-state index contributed by atoms with van der Waals surface area (Å²) in [4.78, 5) is 51.2. The molecule has 11 nitrogen and oxygen atoms in total. The summed E-state index contributed by atoms with van der Waals surface area (Å²) >= 11 is 0. The zero-order valence-corrected chi connectivity index (χ0v) is 17.2. The van der Waals surface area contributed by atoms with Gasteiger partial charge in [0.2, 0.25) is 5.91 Å². The first-order valence-electron chi connectivity index (χ1n) is 9.86. The summed E-state index contributed by atoms with van der Waals surface area (Å²) in [5.41, 5.74) is 0.688. The van der Waals surface area contributed by atoms with Crippen LogP contribution in [0.3, 0.4) is 0 Å². The molecule has 1 fully saturated rings. The van der Waals surface area contributed by atoms with Gasteiger partial charge in [0.05, 0.1) is 23.6 Å². The number of amides is 2. The van der Waals surface area contributed by atoms with Crippen LogP contribution in [0, 0.1) is 10.1 Å². The number of rotatable bonds is 5. The first-order chi connectivity index (χ1) is 15.4. The summed E-state index contributed by atoms with van der Waals surface area (Å²) in [7, 11) is 1.55. The fraction of sp³-hybridized carbons (Fsp3) is 0.286. The Bertz CT molecular complexity index is 1240. The van der Waals surface area contributed by atoms with Crippen LogP contribution in [-0.2, 0) is 11.3 Å². The quantitative estimate of drug-likeness (QED) is 0.434. The first kappa shape index (κ1) is 21.1. The Labute approximate surface area is 181 Å². The fourth-order valence-electron chi connectivity index (χ4n) is 3.63. The molecule has 2 heterocycles. The van der Waals surface area contributed by atoms with Crippen molar-refractivity contribution >= 4 is 28.6 Å². The zero-order valence-electron chi connectivity index (χ0n) is 17.2. The molecule has 32 heavy (non-hydrogen) atoms. The Kier molecular flexibility index (Phi) is 5.63. The van der Waals surface area contributed by atoms with E-state index in [1.807, 2.05) is 0 Å². The second-order valence-electron chi connectivity index (χ2n) is 7.26. The summed E-state index contributed by atoms with van der Waals surface area (Å²) in [5, 5.41) is 10.9. The predicted molar refractivity (Wildman–Crippen MR) is 113 cm³/mol. The molecular weight excluding hydrogens is 420 g/mol. The van der Waals surface area contributed by atoms with E-state index in [2.05, 4.69) is 0 Å². The van der Waals surface area contributed by atoms with Crippen molar-refractivity contribution < 1.29 is 23.7 Å². The van der Waals surface area contributed by atoms with E-state index in [0.717, 1.165) is 10.6 Å². The summed E-state index contributed by atoms with van der Waals surface area (Å²) in [6, 6.07) is 10.6. The van der Waals surface area contributed by atoms with Gasteiger partial charge >= 0.3 is 5.76 Å². The lowest BCUT2D eigenvalue weighted by atomic mass is 10.1. The highest BCUT2D eigenvalue weighted by atomic mass is 16.6. The number of piperazine rings is 1. The number of fused-ring (bicyclic) bond motifs is 1. The normalized spacial score (nSPS) is 13.9. The van der Waals surface area contributed by atoms with Crippen molar-refractivity contribution in [3.8, 4) is 5.75 Å². The summed E-state index contributed by atoms with van der Waals surface area (Å²) in [5.74, 6) is -0.529. The van der Waals surface area contributed by atoms with E-state index in [-0.39, 0.29) is 29.6 Å². The standard InChI is InChI=1S/C21H20N4O7/c1-31-16-5-2-14(3-6-16)20(27)23-10-8-22(9-11-23)19(26)13-24-17-7-4-15(25(29)30)12-18(17)32-21(24)28/h2-7,12H,8-11,13H2,1H3. The van der Waals surface area contributed by atoms with Gasteiger partial charge in [-0.1, -0.05) is 0 Å². The highest BCUT2D eigenvalue weighted by Crippen LogP contribution is 2.20. The van der Waals surface area contributed by atoms with Crippen LogP contribution in [0.5, 0.6) is 5.75 Å². The Morgan fingerprint density at radius 3 is 2.34 bits per heavy atom. The molecule has 1 aliphatic heterocycles. The van der Waals surface area contributed by atoms with E-state index in [9.17, 15) is 24.5 Å². The van der Waals surface area contributed by atoms with Gasteiger partial charge in [-0.3, -0.25) is 24.3 Å². The van der Waals surface area contributed by atoms with Gasteiger partial charge in [0.15, 0.2) is 5.58 Å². The van der Waals surface area contributed by atoms with E-state index in [4.69, 9.17) is 9.15 Å². The number of non-ortho nitro benzene ring substituents is 1. The average molecular weight is 440 g/mol. The molecule has 3 aromatic rings. The van der Waals surface area contributed by atoms with Gasteiger partial charge in [0.1, 0.15) is 12.3 Å². The third-order valence-electron chi connectivity index (χ3n) is 5.41. The van der Waals surface area contributed by atoms with Crippen molar-refractivity contribution in [3.63, 3.8) is 0 Å². The maximum Gasteiger partial charge on any atom is 0.420 e. The van der Waals surface area contributed by atoms with Gasteiger partial charge in [0, 0.05) is 37.8 Å². The van der Waals surface area contributed by atoms with Crippen molar-refractivity contribution in [3.05, 3.63) is 68.7 Å². The van der Waals surface area contributed by atoms with Gasteiger partial charge in [0.25, 0.3) is 11.6 Å². The number of aromatic nitrogens is 1. The Morgan fingerprint density at radius 2 is 1.72 bits per heavy atom. The van der Waals surface area contributed by atoms with Gasteiger partial charge < -0.3 is 19.0 Å². The molecule has 0 unspecified atom stereocenters. The molecule has 1 saturated heterocycles. The molecule has 166 valence electrons. The molecule has 2 amide bonds. The predicted octanol–water partition coefficient (Wildman–Crippen LogP) is 1.50. The second kappa shape index (κ2) is 8.53. The number of nitro benzene ring substituents is 1. The van der Waals surface area contributed by atoms with Crippen LogP contribution in [0.2, 0.25) is 0 Å². The van der Waals surface area contributed by atoms with Gasteiger partial charge in [-0.25, -0.2) is 4.79 Å². The minimum absolute atomic E-state index is 0.0481. The lowest BCUT2D eigenvalue weighted by Crippen LogP contribution is -2.51. The molecule has 11 heteroatoms. The van der Waals surface area contributed by atoms with Crippen LogP contribution in [0.15, 0.2) is 51.7 Å². The summed E-state index contributed by atoms with van der Waals surface area (Å²) < 4.78 is 11.3. The Morgan fingerprint density at radius 1 is 1.06 bits per heavy atom. The van der Waals surface area contributed by atoms with Crippen LogP contribution in [0.25, 0.3) is 11.1 Å². The van der Waals surface area contributed by atoms with E-state index < -0.39 is 10.7 Å². The number of methoxy groups -OCH3 is 1. The molecule has 1 aliphatic rings. The van der Waals surface area contributed by atoms with Crippen molar-refractivity contribution in [1.29, 1.82) is 0 Å². The highest BCUT2D eigenvalue weighted by Gasteiger charge is 2.26. The number of ether oxygens (including phenoxy) is 1. The lowest BCUT2D eigenvalue weighted by Gasteiger charge is -2.34. The van der Waals surface area contributed by atoms with Gasteiger partial charge in [-0.05, 0) is 30.3 Å². The minimum atomic E-state index is -0.762. The molecule has 4 rings (SSSR count). The van der Waals surface area contributed by atoms with E-state index in [1.165, 1.54) is 12.1 Å². The molecule has 0 bridgehead atoms. The molecule has 0 aliphatic carbocycles. The minimum Gasteiger partial charge on any atom is -0.497 e. The molecule has 2 aromatic carbocycles. The zero-order chi connectivity index (χ0) is 22.8. The molecule has 0 N–H and O–H groups in total. The van der Waals surface area contributed by atoms with Crippen LogP contribution in [0.4, 0.5) is 5.69 Å². The SMILES string of the molecule is COc1ccc(C(=O)N2CCN(C(=O)Cn3c(=O)oc4cc([N+](=O)[O-])ccc43)CC2)cc1. The van der Waals surface area contributed by atoms with Crippen molar-refractivity contribution in [2.24, 2.45) is 0 Å². The summed E-state index contributed by atoms with van der Waals surface area (Å²) in [6.07, 6.45) is 0. The van der Waals surface area contributed by atoms with Crippen LogP contribution in [-0.4, -0.2) is 64.4 Å². The highest BCUT2D eigenvalue weighted by molar-refractivity contribution is 5.94. The number of nitrogens with zero attached hydrogens (tertiary/aromatic N) is 4.